The maximum Gasteiger partial charge on any atom is 0.277 e. The van der Waals surface area contributed by atoms with Crippen LogP contribution in [0.5, 0.6) is 0 Å². The summed E-state index contributed by atoms with van der Waals surface area (Å²) in [4.78, 5) is 14.1. The number of nitrogens with zero attached hydrogens (tertiary/aromatic N) is 6. The lowest BCUT2D eigenvalue weighted by Crippen LogP contribution is -2.13. The minimum atomic E-state index is -0.431. The Hall–Kier alpha value is -3.88. The van der Waals surface area contributed by atoms with E-state index in [1.165, 1.54) is 23.1 Å². The molecule has 1 aliphatic rings. The Labute approximate surface area is 177 Å². The molecule has 0 unspecified atom stereocenters. The van der Waals surface area contributed by atoms with Gasteiger partial charge >= 0.3 is 0 Å². The monoisotopic (exact) mass is 417 g/mol. The average Bonchev–Trinajstić information content (AvgIpc) is 3.38. The third-order valence-corrected chi connectivity index (χ3v) is 5.29. The van der Waals surface area contributed by atoms with Crippen LogP contribution in [-0.2, 0) is 13.0 Å². The number of amides is 1. The second kappa shape index (κ2) is 8.10. The normalized spacial score (nSPS) is 13.5. The molecule has 5 rings (SSSR count). The van der Waals surface area contributed by atoms with Gasteiger partial charge in [0.15, 0.2) is 11.5 Å². The minimum Gasteiger partial charge on any atom is -0.321 e. The first-order valence-corrected chi connectivity index (χ1v) is 10.2. The molecule has 9 heteroatoms. The van der Waals surface area contributed by atoms with Crippen molar-refractivity contribution in [2.45, 2.75) is 32.2 Å². The van der Waals surface area contributed by atoms with E-state index in [0.29, 0.717) is 17.1 Å². The molecule has 1 aliphatic heterocycles. The van der Waals surface area contributed by atoms with E-state index in [1.807, 2.05) is 34.9 Å². The Morgan fingerprint density at radius 3 is 2.77 bits per heavy atom. The zero-order valence-electron chi connectivity index (χ0n) is 16.7. The van der Waals surface area contributed by atoms with Crippen LogP contribution in [-0.4, -0.2) is 35.7 Å². The summed E-state index contributed by atoms with van der Waals surface area (Å²) in [6.45, 7) is 0.760. The first kappa shape index (κ1) is 19.1. The fraction of sp³-hybridized carbons (Fsp3) is 0.227. The van der Waals surface area contributed by atoms with E-state index in [2.05, 4.69) is 25.7 Å². The number of carbonyl (C=O) groups excluding carboxylic acids is 1. The summed E-state index contributed by atoms with van der Waals surface area (Å²) in [5, 5.41) is 19.6. The standard InChI is InChI=1S/C22H20FN7O/c23-18-11-10-15(13-17(18)21-27-26-20-9-5-2-6-12-29(20)21)25-22(31)19-14-24-30(28-19)16-7-3-1-4-8-16/h1,3-4,7-8,10-11,13-14H,2,5-6,9,12H2,(H,25,31). The summed E-state index contributed by atoms with van der Waals surface area (Å²) in [6.07, 6.45) is 5.41. The van der Waals surface area contributed by atoms with Crippen LogP contribution in [0.3, 0.4) is 0 Å². The molecule has 0 atom stereocenters. The third kappa shape index (κ3) is 3.81. The van der Waals surface area contributed by atoms with Crippen molar-refractivity contribution in [3.63, 3.8) is 0 Å². The topological polar surface area (TPSA) is 90.5 Å². The molecule has 0 radical (unpaired) electrons. The molecule has 8 nitrogen and oxygen atoms in total. The fourth-order valence-corrected chi connectivity index (χ4v) is 3.71. The van der Waals surface area contributed by atoms with Gasteiger partial charge in [0, 0.05) is 18.7 Å². The summed E-state index contributed by atoms with van der Waals surface area (Å²) in [7, 11) is 0. The molecule has 156 valence electrons. The van der Waals surface area contributed by atoms with Crippen LogP contribution in [0.1, 0.15) is 35.6 Å². The summed E-state index contributed by atoms with van der Waals surface area (Å²) >= 11 is 0. The van der Waals surface area contributed by atoms with Crippen molar-refractivity contribution in [1.29, 1.82) is 0 Å². The van der Waals surface area contributed by atoms with Gasteiger partial charge in [-0.25, -0.2) is 4.39 Å². The zero-order chi connectivity index (χ0) is 21.2. The van der Waals surface area contributed by atoms with Crippen LogP contribution in [0.15, 0.2) is 54.7 Å². The summed E-state index contributed by atoms with van der Waals surface area (Å²) < 4.78 is 16.6. The molecule has 1 amide bonds. The van der Waals surface area contributed by atoms with Gasteiger partial charge in [-0.1, -0.05) is 24.6 Å². The number of aryl methyl sites for hydroxylation is 1. The van der Waals surface area contributed by atoms with Crippen molar-refractivity contribution < 1.29 is 9.18 Å². The number of halogens is 1. The van der Waals surface area contributed by atoms with Crippen LogP contribution in [0, 0.1) is 5.82 Å². The highest BCUT2D eigenvalue weighted by molar-refractivity contribution is 6.02. The highest BCUT2D eigenvalue weighted by Gasteiger charge is 2.20. The van der Waals surface area contributed by atoms with Gasteiger partial charge in [-0.05, 0) is 43.2 Å². The van der Waals surface area contributed by atoms with Gasteiger partial charge in [0.1, 0.15) is 11.6 Å². The van der Waals surface area contributed by atoms with Gasteiger partial charge in [-0.3, -0.25) is 4.79 Å². The zero-order valence-corrected chi connectivity index (χ0v) is 16.7. The SMILES string of the molecule is O=C(Nc1ccc(F)c(-c2nnc3n2CCCCC3)c1)c1cnn(-c2ccccc2)n1. The maximum atomic E-state index is 14.6. The predicted molar refractivity (Wildman–Crippen MR) is 112 cm³/mol. The average molecular weight is 417 g/mol. The number of para-hydroxylation sites is 1. The van der Waals surface area contributed by atoms with E-state index in [0.717, 1.165) is 43.7 Å². The summed E-state index contributed by atoms with van der Waals surface area (Å²) in [6, 6.07) is 13.7. The van der Waals surface area contributed by atoms with Crippen molar-refractivity contribution in [3.8, 4) is 17.1 Å². The quantitative estimate of drug-likeness (QED) is 0.547. The number of fused-ring (bicyclic) bond motifs is 1. The Kier molecular flexibility index (Phi) is 4.99. The number of hydrogen-bond acceptors (Lipinski definition) is 5. The minimum absolute atomic E-state index is 0.158. The van der Waals surface area contributed by atoms with Crippen LogP contribution in [0.25, 0.3) is 17.1 Å². The van der Waals surface area contributed by atoms with E-state index in [9.17, 15) is 9.18 Å². The van der Waals surface area contributed by atoms with Crippen LogP contribution < -0.4 is 5.32 Å². The van der Waals surface area contributed by atoms with Gasteiger partial charge in [-0.2, -0.15) is 9.90 Å². The molecule has 3 heterocycles. The second-order valence-corrected chi connectivity index (χ2v) is 7.41. The number of nitrogens with one attached hydrogen (secondary N) is 1. The molecule has 0 saturated carbocycles. The fourth-order valence-electron chi connectivity index (χ4n) is 3.71. The van der Waals surface area contributed by atoms with Gasteiger partial charge < -0.3 is 9.88 Å². The first-order valence-electron chi connectivity index (χ1n) is 10.2. The maximum absolute atomic E-state index is 14.6. The Morgan fingerprint density at radius 2 is 1.90 bits per heavy atom. The highest BCUT2D eigenvalue weighted by atomic mass is 19.1. The van der Waals surface area contributed by atoms with Crippen LogP contribution in [0.4, 0.5) is 10.1 Å². The van der Waals surface area contributed by atoms with Gasteiger partial charge in [-0.15, -0.1) is 15.3 Å². The predicted octanol–water partition coefficient (Wildman–Crippen LogP) is 3.64. The molecular formula is C22H20FN7O. The summed E-state index contributed by atoms with van der Waals surface area (Å²) in [5.74, 6) is 0.520. The third-order valence-electron chi connectivity index (χ3n) is 5.29. The number of carbonyl (C=O) groups is 1. The number of benzene rings is 2. The molecule has 4 aromatic rings. The number of aromatic nitrogens is 6. The molecular weight excluding hydrogens is 397 g/mol. The molecule has 0 spiro atoms. The Morgan fingerprint density at radius 1 is 1.03 bits per heavy atom. The lowest BCUT2D eigenvalue weighted by molar-refractivity contribution is 0.102. The number of hydrogen-bond donors (Lipinski definition) is 1. The van der Waals surface area contributed by atoms with Gasteiger partial charge in [0.25, 0.3) is 5.91 Å². The van der Waals surface area contributed by atoms with E-state index in [-0.39, 0.29) is 5.69 Å². The van der Waals surface area contributed by atoms with Crippen molar-refractivity contribution in [3.05, 3.63) is 72.1 Å². The molecule has 31 heavy (non-hydrogen) atoms. The Balaban J connectivity index is 1.40. The molecule has 2 aromatic heterocycles. The molecule has 0 saturated heterocycles. The van der Waals surface area contributed by atoms with Crippen LogP contribution in [0.2, 0.25) is 0 Å². The van der Waals surface area contributed by atoms with E-state index >= 15 is 0 Å². The van der Waals surface area contributed by atoms with Crippen molar-refractivity contribution in [2.24, 2.45) is 0 Å². The molecule has 0 bridgehead atoms. The number of rotatable bonds is 4. The van der Waals surface area contributed by atoms with Crippen molar-refractivity contribution >= 4 is 11.6 Å². The van der Waals surface area contributed by atoms with Gasteiger partial charge in [0.2, 0.25) is 0 Å². The van der Waals surface area contributed by atoms with Crippen molar-refractivity contribution in [2.75, 3.05) is 5.32 Å². The molecule has 0 fully saturated rings. The highest BCUT2D eigenvalue weighted by Crippen LogP contribution is 2.27. The van der Waals surface area contributed by atoms with Crippen molar-refractivity contribution in [1.82, 2.24) is 29.8 Å². The lowest BCUT2D eigenvalue weighted by atomic mass is 10.1. The summed E-state index contributed by atoms with van der Waals surface area (Å²) in [5.41, 5.74) is 1.66. The molecule has 1 N–H and O–H groups in total. The van der Waals surface area contributed by atoms with Crippen LogP contribution >= 0.6 is 0 Å². The van der Waals surface area contributed by atoms with E-state index < -0.39 is 11.7 Å². The smallest absolute Gasteiger partial charge is 0.277 e. The van der Waals surface area contributed by atoms with E-state index in [4.69, 9.17) is 0 Å². The van der Waals surface area contributed by atoms with E-state index in [1.54, 1.807) is 6.07 Å². The largest absolute Gasteiger partial charge is 0.321 e. The second-order valence-electron chi connectivity index (χ2n) is 7.41. The molecule has 2 aromatic carbocycles. The van der Waals surface area contributed by atoms with Gasteiger partial charge in [0.05, 0.1) is 17.4 Å². The molecule has 0 aliphatic carbocycles. The first-order chi connectivity index (χ1) is 15.2. The number of anilines is 1. The lowest BCUT2D eigenvalue weighted by Gasteiger charge is -2.10. The Bertz CT molecular complexity index is 1230.